The van der Waals surface area contributed by atoms with E-state index in [-0.39, 0.29) is 12.4 Å². The van der Waals surface area contributed by atoms with Crippen molar-refractivity contribution in [1.29, 1.82) is 0 Å². The van der Waals surface area contributed by atoms with Gasteiger partial charge in [-0.3, -0.25) is 4.79 Å². The third kappa shape index (κ3) is 3.64. The highest BCUT2D eigenvalue weighted by Gasteiger charge is 2.36. The predicted molar refractivity (Wildman–Crippen MR) is 75.0 cm³/mol. The summed E-state index contributed by atoms with van der Waals surface area (Å²) in [4.78, 5) is 23.2. The van der Waals surface area contributed by atoms with E-state index < -0.39 is 32.5 Å². The Morgan fingerprint density at radius 3 is 2.45 bits per heavy atom. The first kappa shape index (κ1) is 18.1. The summed E-state index contributed by atoms with van der Waals surface area (Å²) in [7, 11) is 0.114. The first-order valence-corrected chi connectivity index (χ1v) is 7.56. The molecule has 0 saturated heterocycles. The summed E-state index contributed by atoms with van der Waals surface area (Å²) in [5.74, 6) is -2.47. The van der Waals surface area contributed by atoms with Gasteiger partial charge >= 0.3 is 5.97 Å². The molecule has 0 radical (unpaired) electrons. The minimum Gasteiger partial charge on any atom is -0.479 e. The maximum Gasteiger partial charge on any atom is 0.331 e. The molecule has 22 heavy (non-hydrogen) atoms. The van der Waals surface area contributed by atoms with Crippen molar-refractivity contribution in [3.63, 3.8) is 0 Å². The molecule has 124 valence electrons. The Kier molecular flexibility index (Phi) is 5.33. The maximum atomic E-state index is 12.0. The van der Waals surface area contributed by atoms with Gasteiger partial charge in [0.25, 0.3) is 15.9 Å². The largest absolute Gasteiger partial charge is 0.479 e. The van der Waals surface area contributed by atoms with Crippen molar-refractivity contribution in [2.24, 2.45) is 0 Å². The molecule has 1 heterocycles. The highest BCUT2D eigenvalue weighted by atomic mass is 32.2. The Bertz CT molecular complexity index is 665. The molecule has 1 unspecified atom stereocenters. The molecule has 0 aromatic carbocycles. The van der Waals surface area contributed by atoms with Gasteiger partial charge in [0.1, 0.15) is 0 Å². The maximum absolute atomic E-state index is 12.0. The van der Waals surface area contributed by atoms with Crippen LogP contribution in [0.2, 0.25) is 0 Å². The quantitative estimate of drug-likeness (QED) is 0.704. The molecule has 1 rings (SSSR count). The van der Waals surface area contributed by atoms with Crippen molar-refractivity contribution in [2.75, 3.05) is 27.8 Å². The summed E-state index contributed by atoms with van der Waals surface area (Å²) in [5.41, 5.74) is -1.67. The van der Waals surface area contributed by atoms with E-state index in [2.05, 4.69) is 5.32 Å². The zero-order valence-electron chi connectivity index (χ0n) is 12.6. The Labute approximate surface area is 127 Å². The second-order valence-electron chi connectivity index (χ2n) is 4.93. The zero-order chi connectivity index (χ0) is 17.1. The fourth-order valence-electron chi connectivity index (χ4n) is 1.51. The standard InChI is InChI=1S/C12H18N2O7S/c1-12(7-20-4,11(16)17)13-10(15)8-5-6-9(21-8)22(18,19)14(2)3/h5-6H,7H2,1-4H3,(H,13,15)(H,16,17). The number of methoxy groups -OCH3 is 1. The van der Waals surface area contributed by atoms with Crippen LogP contribution < -0.4 is 5.32 Å². The summed E-state index contributed by atoms with van der Waals surface area (Å²) in [6, 6.07) is 2.28. The fraction of sp³-hybridized carbons (Fsp3) is 0.500. The number of sulfonamides is 1. The molecule has 0 aliphatic carbocycles. The van der Waals surface area contributed by atoms with Gasteiger partial charge < -0.3 is 19.6 Å². The van der Waals surface area contributed by atoms with Crippen LogP contribution in [0, 0.1) is 0 Å². The average Bonchev–Trinajstić information content (AvgIpc) is 2.88. The Morgan fingerprint density at radius 1 is 1.41 bits per heavy atom. The number of aliphatic carboxylic acids is 1. The zero-order valence-corrected chi connectivity index (χ0v) is 13.4. The Morgan fingerprint density at radius 2 is 2.00 bits per heavy atom. The molecule has 1 aromatic rings. The van der Waals surface area contributed by atoms with Gasteiger partial charge in [0, 0.05) is 21.2 Å². The number of hydrogen-bond donors (Lipinski definition) is 2. The number of carbonyl (C=O) groups is 2. The summed E-state index contributed by atoms with van der Waals surface area (Å²) >= 11 is 0. The van der Waals surface area contributed by atoms with Gasteiger partial charge in [0.05, 0.1) is 6.61 Å². The third-order valence-electron chi connectivity index (χ3n) is 2.83. The molecule has 0 aliphatic heterocycles. The second kappa shape index (κ2) is 6.46. The van der Waals surface area contributed by atoms with Crippen LogP contribution in [-0.4, -0.2) is 63.1 Å². The van der Waals surface area contributed by atoms with Gasteiger partial charge in [0.2, 0.25) is 5.09 Å². The summed E-state index contributed by atoms with van der Waals surface area (Å²) in [6.45, 7) is 0.995. The molecule has 1 atom stereocenters. The number of carbonyl (C=O) groups excluding carboxylic acids is 1. The molecule has 9 nitrogen and oxygen atoms in total. The smallest absolute Gasteiger partial charge is 0.331 e. The van der Waals surface area contributed by atoms with Crippen LogP contribution in [-0.2, 0) is 19.6 Å². The average molecular weight is 334 g/mol. The van der Waals surface area contributed by atoms with Crippen molar-refractivity contribution in [1.82, 2.24) is 9.62 Å². The summed E-state index contributed by atoms with van der Waals surface area (Å²) in [5, 5.41) is 11.0. The monoisotopic (exact) mass is 334 g/mol. The van der Waals surface area contributed by atoms with E-state index >= 15 is 0 Å². The number of carboxylic acid groups (broad SMARTS) is 1. The van der Waals surface area contributed by atoms with Crippen LogP contribution in [0.1, 0.15) is 17.5 Å². The number of nitrogens with one attached hydrogen (secondary N) is 1. The minimum atomic E-state index is -3.81. The number of amides is 1. The Balaban J connectivity index is 3.01. The van der Waals surface area contributed by atoms with Crippen LogP contribution in [0.5, 0.6) is 0 Å². The molecule has 0 spiro atoms. The number of furan rings is 1. The van der Waals surface area contributed by atoms with Gasteiger partial charge in [0.15, 0.2) is 11.3 Å². The van der Waals surface area contributed by atoms with Crippen LogP contribution in [0.25, 0.3) is 0 Å². The van der Waals surface area contributed by atoms with Gasteiger partial charge in [-0.05, 0) is 19.1 Å². The predicted octanol–water partition coefficient (Wildman–Crippen LogP) is -0.251. The molecular weight excluding hydrogens is 316 g/mol. The number of nitrogens with zero attached hydrogens (tertiary/aromatic N) is 1. The van der Waals surface area contributed by atoms with E-state index in [1.807, 2.05) is 0 Å². The third-order valence-corrected chi connectivity index (χ3v) is 4.52. The molecule has 10 heteroatoms. The molecule has 1 amide bonds. The molecule has 1 aromatic heterocycles. The van der Waals surface area contributed by atoms with Gasteiger partial charge in [-0.25, -0.2) is 17.5 Å². The highest BCUT2D eigenvalue weighted by Crippen LogP contribution is 2.17. The number of carboxylic acids is 1. The normalized spacial score (nSPS) is 14.6. The summed E-state index contributed by atoms with van der Waals surface area (Å²) in [6.07, 6.45) is 0. The van der Waals surface area contributed by atoms with E-state index in [1.165, 1.54) is 28.1 Å². The van der Waals surface area contributed by atoms with E-state index in [9.17, 15) is 18.0 Å². The molecule has 0 bridgehead atoms. The van der Waals surface area contributed by atoms with Crippen molar-refractivity contribution < 1.29 is 32.3 Å². The van der Waals surface area contributed by atoms with Crippen LogP contribution in [0.15, 0.2) is 21.6 Å². The van der Waals surface area contributed by atoms with E-state index in [1.54, 1.807) is 0 Å². The molecule has 0 aliphatic rings. The highest BCUT2D eigenvalue weighted by molar-refractivity contribution is 7.88. The SMILES string of the molecule is COCC(C)(NC(=O)c1ccc(S(=O)(=O)N(C)C)o1)C(=O)O. The minimum absolute atomic E-state index is 0.266. The lowest BCUT2D eigenvalue weighted by atomic mass is 10.0. The van der Waals surface area contributed by atoms with Crippen molar-refractivity contribution >= 4 is 21.9 Å². The van der Waals surface area contributed by atoms with Crippen LogP contribution >= 0.6 is 0 Å². The van der Waals surface area contributed by atoms with Crippen molar-refractivity contribution in [3.8, 4) is 0 Å². The second-order valence-corrected chi connectivity index (χ2v) is 7.01. The van der Waals surface area contributed by atoms with Gasteiger partial charge in [-0.15, -0.1) is 0 Å². The molecular formula is C12H18N2O7S. The number of rotatable bonds is 7. The van der Waals surface area contributed by atoms with E-state index in [0.717, 1.165) is 16.4 Å². The Hall–Kier alpha value is -1.91. The number of hydrogen-bond acceptors (Lipinski definition) is 6. The first-order chi connectivity index (χ1) is 10.0. The topological polar surface area (TPSA) is 126 Å². The molecule has 0 fully saturated rings. The summed E-state index contributed by atoms with van der Waals surface area (Å²) < 4.78 is 34.4. The van der Waals surface area contributed by atoms with Crippen LogP contribution in [0.4, 0.5) is 0 Å². The molecule has 0 saturated carbocycles. The molecule has 2 N–H and O–H groups in total. The first-order valence-electron chi connectivity index (χ1n) is 6.12. The van der Waals surface area contributed by atoms with E-state index in [4.69, 9.17) is 14.3 Å². The lowest BCUT2D eigenvalue weighted by molar-refractivity contribution is -0.145. The van der Waals surface area contributed by atoms with Crippen molar-refractivity contribution in [2.45, 2.75) is 17.6 Å². The fourth-order valence-corrected chi connectivity index (χ4v) is 2.31. The number of ether oxygens (including phenoxy) is 1. The van der Waals surface area contributed by atoms with Crippen LogP contribution in [0.3, 0.4) is 0 Å². The van der Waals surface area contributed by atoms with Crippen molar-refractivity contribution in [3.05, 3.63) is 17.9 Å². The van der Waals surface area contributed by atoms with Gasteiger partial charge in [-0.2, -0.15) is 0 Å². The van der Waals surface area contributed by atoms with Gasteiger partial charge in [-0.1, -0.05) is 0 Å². The lowest BCUT2D eigenvalue weighted by Crippen LogP contribution is -2.55. The lowest BCUT2D eigenvalue weighted by Gasteiger charge is -2.24. The van der Waals surface area contributed by atoms with E-state index in [0.29, 0.717) is 0 Å².